The average Bonchev–Trinajstić information content (AvgIpc) is 2.40. The first-order valence-electron chi connectivity index (χ1n) is 6.61. The molecular weight excluding hydrogens is 191 g/mol. The van der Waals surface area contributed by atoms with Crippen molar-refractivity contribution in [2.45, 2.75) is 59.1 Å². The Morgan fingerprint density at radius 2 is 1.62 bits per heavy atom. The zero-order chi connectivity index (χ0) is 11.8. The molecule has 1 rings (SSSR count). The average molecular weight is 215 g/mol. The van der Waals surface area contributed by atoms with Crippen molar-refractivity contribution in [3.05, 3.63) is 34.9 Å². The Morgan fingerprint density at radius 3 is 2.25 bits per heavy atom. The molecule has 0 N–H and O–H groups in total. The lowest BCUT2D eigenvalue weighted by Gasteiger charge is -2.07. The molecule has 0 fully saturated rings. The maximum atomic E-state index is 2.45. The normalized spacial score (nSPS) is 17.6. The van der Waals surface area contributed by atoms with Crippen LogP contribution in [0.2, 0.25) is 13.1 Å². The van der Waals surface area contributed by atoms with Crippen molar-refractivity contribution in [1.29, 1.82) is 0 Å². The Labute approximate surface area is 102 Å². The Bertz CT molecular complexity index is 295. The quantitative estimate of drug-likeness (QED) is 0.460. The summed E-state index contributed by atoms with van der Waals surface area (Å²) >= 11 is 0. The molecule has 0 nitrogen and oxygen atoms in total. The first kappa shape index (κ1) is 13.4. The third kappa shape index (κ3) is 4.43. The van der Waals surface area contributed by atoms with Crippen LogP contribution in [-0.4, -0.2) is 7.28 Å². The molecule has 0 aromatic heterocycles. The van der Waals surface area contributed by atoms with Gasteiger partial charge < -0.3 is 0 Å². The summed E-state index contributed by atoms with van der Waals surface area (Å²) in [5.74, 6) is 0. The molecule has 1 heteroatoms. The summed E-state index contributed by atoms with van der Waals surface area (Å²) in [4.78, 5) is 0. The van der Waals surface area contributed by atoms with Gasteiger partial charge in [-0.1, -0.05) is 61.9 Å². The number of rotatable bonds is 4. The number of hydrogen-bond acceptors (Lipinski definition) is 0. The highest BCUT2D eigenvalue weighted by Crippen LogP contribution is 2.22. The summed E-state index contributed by atoms with van der Waals surface area (Å²) < 4.78 is 0. The second-order valence-electron chi connectivity index (χ2n) is 4.52. The van der Waals surface area contributed by atoms with Crippen molar-refractivity contribution >= 4 is 7.28 Å². The summed E-state index contributed by atoms with van der Waals surface area (Å²) in [7, 11) is 2.26. The molecule has 1 aliphatic rings. The van der Waals surface area contributed by atoms with Gasteiger partial charge in [0.1, 0.15) is 7.28 Å². The predicted molar refractivity (Wildman–Crippen MR) is 75.1 cm³/mol. The minimum atomic E-state index is 1.12. The van der Waals surface area contributed by atoms with Gasteiger partial charge in [0.25, 0.3) is 0 Å². The Balaban J connectivity index is 2.79. The van der Waals surface area contributed by atoms with E-state index < -0.39 is 0 Å². The van der Waals surface area contributed by atoms with Crippen LogP contribution < -0.4 is 0 Å². The first-order valence-corrected chi connectivity index (χ1v) is 6.61. The Hall–Kier alpha value is -0.715. The minimum Gasteiger partial charge on any atom is -0.0917 e. The van der Waals surface area contributed by atoms with Crippen LogP contribution in [0.4, 0.5) is 0 Å². The van der Waals surface area contributed by atoms with Gasteiger partial charge in [0.15, 0.2) is 0 Å². The van der Waals surface area contributed by atoms with Gasteiger partial charge >= 0.3 is 0 Å². The molecule has 1 radical (unpaired) electrons. The van der Waals surface area contributed by atoms with E-state index in [0.29, 0.717) is 0 Å². The maximum absolute atomic E-state index is 2.45. The van der Waals surface area contributed by atoms with Crippen molar-refractivity contribution in [1.82, 2.24) is 0 Å². The topological polar surface area (TPSA) is 0 Å². The summed E-state index contributed by atoms with van der Waals surface area (Å²) in [5.41, 5.74) is 4.78. The van der Waals surface area contributed by atoms with Gasteiger partial charge in [-0.25, -0.2) is 0 Å². The van der Waals surface area contributed by atoms with E-state index in [2.05, 4.69) is 46.2 Å². The fourth-order valence-electron chi connectivity index (χ4n) is 2.15. The van der Waals surface area contributed by atoms with Crippen LogP contribution in [0.1, 0.15) is 46.0 Å². The molecule has 87 valence electrons. The van der Waals surface area contributed by atoms with Gasteiger partial charge in [0.2, 0.25) is 0 Å². The van der Waals surface area contributed by atoms with E-state index in [0.717, 1.165) is 19.2 Å². The van der Waals surface area contributed by atoms with Crippen molar-refractivity contribution in [2.75, 3.05) is 0 Å². The molecule has 0 saturated heterocycles. The van der Waals surface area contributed by atoms with Gasteiger partial charge in [-0.2, -0.15) is 0 Å². The first-order chi connectivity index (χ1) is 7.80. The van der Waals surface area contributed by atoms with Crippen LogP contribution in [0.5, 0.6) is 0 Å². The molecule has 0 spiro atoms. The van der Waals surface area contributed by atoms with E-state index in [1.54, 1.807) is 16.7 Å². The smallest absolute Gasteiger partial charge is 0.0917 e. The van der Waals surface area contributed by atoms with Crippen LogP contribution in [-0.2, 0) is 0 Å². The highest BCUT2D eigenvalue weighted by atomic mass is 14.1. The van der Waals surface area contributed by atoms with E-state index in [1.165, 1.54) is 19.3 Å². The fraction of sp³-hybridized carbons (Fsp3) is 0.600. The van der Waals surface area contributed by atoms with E-state index in [1.807, 2.05) is 0 Å². The van der Waals surface area contributed by atoms with Gasteiger partial charge in [0, 0.05) is 0 Å². The lowest BCUT2D eigenvalue weighted by Crippen LogP contribution is -1.88. The zero-order valence-corrected chi connectivity index (χ0v) is 11.1. The monoisotopic (exact) mass is 215 g/mol. The number of hydrogen-bond donors (Lipinski definition) is 0. The van der Waals surface area contributed by atoms with Crippen LogP contribution in [0.3, 0.4) is 0 Å². The largest absolute Gasteiger partial charge is 0.111 e. The van der Waals surface area contributed by atoms with Crippen LogP contribution in [0, 0.1) is 0 Å². The second kappa shape index (κ2) is 7.54. The maximum Gasteiger partial charge on any atom is 0.111 e. The molecule has 0 bridgehead atoms. The van der Waals surface area contributed by atoms with Crippen molar-refractivity contribution in [3.63, 3.8) is 0 Å². The SMILES string of the molecule is C[B]CC1=CCC=C(CC)CC(CC)=CC1. The van der Waals surface area contributed by atoms with Crippen molar-refractivity contribution < 1.29 is 0 Å². The van der Waals surface area contributed by atoms with E-state index in [9.17, 15) is 0 Å². The molecule has 0 heterocycles. The van der Waals surface area contributed by atoms with Gasteiger partial charge in [-0.05, 0) is 32.1 Å². The molecule has 16 heavy (non-hydrogen) atoms. The van der Waals surface area contributed by atoms with Crippen LogP contribution in [0.25, 0.3) is 0 Å². The number of allylic oxidation sites excluding steroid dienone is 6. The highest BCUT2D eigenvalue weighted by Gasteiger charge is 2.03. The molecular formula is C15H24B. The van der Waals surface area contributed by atoms with Crippen molar-refractivity contribution in [2.24, 2.45) is 0 Å². The summed E-state index contributed by atoms with van der Waals surface area (Å²) in [6.07, 6.45) is 14.3. The van der Waals surface area contributed by atoms with Gasteiger partial charge in [-0.15, -0.1) is 0 Å². The molecule has 1 aliphatic carbocycles. The summed E-state index contributed by atoms with van der Waals surface area (Å²) in [6.45, 7) is 6.68. The molecule has 0 unspecified atom stereocenters. The molecule has 0 aromatic rings. The van der Waals surface area contributed by atoms with E-state index in [-0.39, 0.29) is 0 Å². The zero-order valence-electron chi connectivity index (χ0n) is 11.1. The third-order valence-electron chi connectivity index (χ3n) is 3.29. The lowest BCUT2D eigenvalue weighted by atomic mass is 9.74. The predicted octanol–water partition coefficient (Wildman–Crippen LogP) is 4.94. The van der Waals surface area contributed by atoms with Crippen molar-refractivity contribution in [3.8, 4) is 0 Å². The lowest BCUT2D eigenvalue weighted by molar-refractivity contribution is 0.920. The molecule has 0 atom stereocenters. The van der Waals surface area contributed by atoms with Crippen LogP contribution in [0.15, 0.2) is 34.9 Å². The standard InChI is InChI=1S/C15H24B/c1-4-13-7-6-8-15(12-16-3)10-9-14(5-2)11-13/h7-9H,4-6,10-12H2,1-3H3. The highest BCUT2D eigenvalue weighted by molar-refractivity contribution is 6.34. The molecule has 0 aromatic carbocycles. The van der Waals surface area contributed by atoms with Gasteiger partial charge in [-0.3, -0.25) is 0 Å². The Kier molecular flexibility index (Phi) is 6.29. The summed E-state index contributed by atoms with van der Waals surface area (Å²) in [6, 6.07) is 0. The summed E-state index contributed by atoms with van der Waals surface area (Å²) in [5, 5.41) is 0. The third-order valence-corrected chi connectivity index (χ3v) is 3.29. The minimum absolute atomic E-state index is 1.12. The Morgan fingerprint density at radius 1 is 1.00 bits per heavy atom. The van der Waals surface area contributed by atoms with E-state index in [4.69, 9.17) is 0 Å². The molecule has 0 aliphatic heterocycles. The van der Waals surface area contributed by atoms with Crippen LogP contribution >= 0.6 is 0 Å². The van der Waals surface area contributed by atoms with Gasteiger partial charge in [0.05, 0.1) is 0 Å². The molecule has 0 saturated carbocycles. The fourth-order valence-corrected chi connectivity index (χ4v) is 2.15. The molecule has 0 amide bonds. The van der Waals surface area contributed by atoms with E-state index >= 15 is 0 Å². The second-order valence-corrected chi connectivity index (χ2v) is 4.52.